The Morgan fingerprint density at radius 1 is 0.923 bits per heavy atom. The van der Waals surface area contributed by atoms with E-state index in [0.29, 0.717) is 27.9 Å². The molecule has 0 radical (unpaired) electrons. The number of halogens is 1. The number of aromatic nitrogens is 1. The average molecular weight is 527 g/mol. The molecule has 2 amide bonds. The van der Waals surface area contributed by atoms with Crippen LogP contribution in [0.15, 0.2) is 79.1 Å². The minimum absolute atomic E-state index is 0.0201. The summed E-state index contributed by atoms with van der Waals surface area (Å²) in [5, 5.41) is 5.43. The van der Waals surface area contributed by atoms with Gasteiger partial charge < -0.3 is 21.1 Å². The van der Waals surface area contributed by atoms with Crippen LogP contribution < -0.4 is 16.4 Å². The Balaban J connectivity index is 1.56. The third kappa shape index (κ3) is 6.52. The number of esters is 1. The number of nitrogens with zero attached hydrogens (tertiary/aromatic N) is 1. The number of nitrogens with one attached hydrogen (secondary N) is 2. The fourth-order valence-corrected chi connectivity index (χ4v) is 4.07. The lowest BCUT2D eigenvalue weighted by molar-refractivity contribution is -0.139. The fourth-order valence-electron chi connectivity index (χ4n) is 4.07. The van der Waals surface area contributed by atoms with Crippen LogP contribution in [-0.4, -0.2) is 29.9 Å². The lowest BCUT2D eigenvalue weighted by atomic mass is 9.95. The van der Waals surface area contributed by atoms with Crippen LogP contribution >= 0.6 is 0 Å². The third-order valence-corrected chi connectivity index (χ3v) is 6.21. The SMILES string of the molecule is COC(=O)Cc1ccc(NC(=O)c2cccc(-c3cc(C(=O)Nc4ccncc4F)ccc3CN)c2)cc1C. The van der Waals surface area contributed by atoms with Crippen LogP contribution in [0.1, 0.15) is 37.4 Å². The second-order valence-corrected chi connectivity index (χ2v) is 8.81. The van der Waals surface area contributed by atoms with E-state index in [1.165, 1.54) is 19.4 Å². The number of ether oxygens (including phenoxy) is 1. The Kier molecular flexibility index (Phi) is 8.43. The van der Waals surface area contributed by atoms with Crippen LogP contribution in [0, 0.1) is 12.7 Å². The predicted octanol–water partition coefficient (Wildman–Crippen LogP) is 4.87. The smallest absolute Gasteiger partial charge is 0.309 e. The molecule has 0 spiro atoms. The monoisotopic (exact) mass is 526 g/mol. The Bertz CT molecular complexity index is 1550. The molecule has 4 aromatic rings. The molecule has 0 unspecified atom stereocenters. The van der Waals surface area contributed by atoms with Crippen molar-refractivity contribution in [3.05, 3.63) is 113 Å². The zero-order valence-electron chi connectivity index (χ0n) is 21.5. The highest BCUT2D eigenvalue weighted by molar-refractivity contribution is 6.06. The second kappa shape index (κ2) is 12.1. The van der Waals surface area contributed by atoms with Gasteiger partial charge in [-0.05, 0) is 77.2 Å². The number of amides is 2. The van der Waals surface area contributed by atoms with Crippen molar-refractivity contribution in [2.24, 2.45) is 5.73 Å². The van der Waals surface area contributed by atoms with Gasteiger partial charge in [0, 0.05) is 29.6 Å². The van der Waals surface area contributed by atoms with E-state index in [1.54, 1.807) is 54.6 Å². The number of hydrogen-bond acceptors (Lipinski definition) is 6. The first kappa shape index (κ1) is 27.2. The number of methoxy groups -OCH3 is 1. The summed E-state index contributed by atoms with van der Waals surface area (Å²) in [7, 11) is 1.34. The highest BCUT2D eigenvalue weighted by Gasteiger charge is 2.15. The number of carbonyl (C=O) groups excluding carboxylic acids is 3. The summed E-state index contributed by atoms with van der Waals surface area (Å²) in [6, 6.07) is 18.6. The van der Waals surface area contributed by atoms with Crippen LogP contribution in [0.3, 0.4) is 0 Å². The molecule has 9 heteroatoms. The highest BCUT2D eigenvalue weighted by Crippen LogP contribution is 2.27. The maximum atomic E-state index is 14.0. The molecule has 39 heavy (non-hydrogen) atoms. The molecular weight excluding hydrogens is 499 g/mol. The number of nitrogens with two attached hydrogens (primary N) is 1. The Morgan fingerprint density at radius 3 is 2.38 bits per heavy atom. The van der Waals surface area contributed by atoms with Crippen LogP contribution in [0.4, 0.5) is 15.8 Å². The van der Waals surface area contributed by atoms with Crippen molar-refractivity contribution in [1.29, 1.82) is 0 Å². The molecule has 0 aliphatic heterocycles. The standard InChI is InChI=1S/C30H27FN4O4/c1-18-12-24(9-8-19(18)15-28(36)39-2)34-29(37)21-5-3-4-20(13-21)25-14-22(6-7-23(25)16-32)30(38)35-27-10-11-33-17-26(27)31/h3-14,17H,15-16,32H2,1-2H3,(H,34,37)(H,33,35,38). The summed E-state index contributed by atoms with van der Waals surface area (Å²) in [5.74, 6) is -1.80. The molecular formula is C30H27FN4O4. The summed E-state index contributed by atoms with van der Waals surface area (Å²) < 4.78 is 18.7. The minimum Gasteiger partial charge on any atom is -0.469 e. The summed E-state index contributed by atoms with van der Waals surface area (Å²) in [5.41, 5.74) is 11.1. The van der Waals surface area contributed by atoms with Gasteiger partial charge in [-0.2, -0.15) is 0 Å². The second-order valence-electron chi connectivity index (χ2n) is 8.81. The minimum atomic E-state index is -0.642. The molecule has 3 aromatic carbocycles. The zero-order valence-corrected chi connectivity index (χ0v) is 21.5. The van der Waals surface area contributed by atoms with Gasteiger partial charge in [0.25, 0.3) is 11.8 Å². The molecule has 4 N–H and O–H groups in total. The van der Waals surface area contributed by atoms with Gasteiger partial charge in [0.2, 0.25) is 0 Å². The molecule has 0 fully saturated rings. The van der Waals surface area contributed by atoms with Crippen molar-refractivity contribution in [1.82, 2.24) is 4.98 Å². The maximum Gasteiger partial charge on any atom is 0.309 e. The summed E-state index contributed by atoms with van der Waals surface area (Å²) in [4.78, 5) is 41.2. The van der Waals surface area contributed by atoms with Gasteiger partial charge in [0.15, 0.2) is 5.82 Å². The normalized spacial score (nSPS) is 10.6. The van der Waals surface area contributed by atoms with Gasteiger partial charge in [0.05, 0.1) is 25.4 Å². The van der Waals surface area contributed by atoms with Crippen LogP contribution in [-0.2, 0) is 22.5 Å². The van der Waals surface area contributed by atoms with Crippen LogP contribution in [0.25, 0.3) is 11.1 Å². The Morgan fingerprint density at radius 2 is 1.67 bits per heavy atom. The molecule has 1 heterocycles. The molecule has 198 valence electrons. The van der Waals surface area contributed by atoms with Crippen molar-refractivity contribution in [3.63, 3.8) is 0 Å². The summed E-state index contributed by atoms with van der Waals surface area (Å²) in [6.45, 7) is 2.07. The van der Waals surface area contributed by atoms with E-state index in [4.69, 9.17) is 10.5 Å². The highest BCUT2D eigenvalue weighted by atomic mass is 19.1. The fraction of sp³-hybridized carbons (Fsp3) is 0.133. The molecule has 0 aliphatic carbocycles. The first-order valence-electron chi connectivity index (χ1n) is 12.1. The van der Waals surface area contributed by atoms with Crippen molar-refractivity contribution in [2.45, 2.75) is 19.9 Å². The van der Waals surface area contributed by atoms with Gasteiger partial charge in [0.1, 0.15) is 0 Å². The van der Waals surface area contributed by atoms with E-state index in [1.807, 2.05) is 13.0 Å². The number of anilines is 2. The predicted molar refractivity (Wildman–Crippen MR) is 147 cm³/mol. The van der Waals surface area contributed by atoms with Gasteiger partial charge in [-0.15, -0.1) is 0 Å². The first-order chi connectivity index (χ1) is 18.8. The summed E-state index contributed by atoms with van der Waals surface area (Å²) >= 11 is 0. The van der Waals surface area contributed by atoms with E-state index in [2.05, 4.69) is 15.6 Å². The molecule has 4 rings (SSSR count). The molecule has 0 atom stereocenters. The zero-order chi connectivity index (χ0) is 27.9. The van der Waals surface area contributed by atoms with E-state index in [9.17, 15) is 18.8 Å². The van der Waals surface area contributed by atoms with Crippen molar-refractivity contribution >= 4 is 29.2 Å². The van der Waals surface area contributed by atoms with E-state index < -0.39 is 11.7 Å². The van der Waals surface area contributed by atoms with E-state index in [-0.39, 0.29) is 30.5 Å². The van der Waals surface area contributed by atoms with Crippen molar-refractivity contribution in [2.75, 3.05) is 17.7 Å². The average Bonchev–Trinajstić information content (AvgIpc) is 2.95. The lowest BCUT2D eigenvalue weighted by Gasteiger charge is -2.13. The lowest BCUT2D eigenvalue weighted by Crippen LogP contribution is -2.14. The van der Waals surface area contributed by atoms with Crippen molar-refractivity contribution in [3.8, 4) is 11.1 Å². The number of benzene rings is 3. The molecule has 0 aliphatic rings. The van der Waals surface area contributed by atoms with E-state index in [0.717, 1.165) is 22.9 Å². The molecule has 0 bridgehead atoms. The van der Waals surface area contributed by atoms with Crippen LogP contribution in [0.2, 0.25) is 0 Å². The first-order valence-corrected chi connectivity index (χ1v) is 12.1. The third-order valence-electron chi connectivity index (χ3n) is 6.21. The van der Waals surface area contributed by atoms with E-state index >= 15 is 0 Å². The number of aryl methyl sites for hydroxylation is 1. The Labute approximate surface area is 225 Å². The number of pyridine rings is 1. The van der Waals surface area contributed by atoms with Gasteiger partial charge in [-0.3, -0.25) is 19.4 Å². The molecule has 8 nitrogen and oxygen atoms in total. The summed E-state index contributed by atoms with van der Waals surface area (Å²) in [6.07, 6.45) is 2.56. The van der Waals surface area contributed by atoms with Crippen molar-refractivity contribution < 1.29 is 23.5 Å². The van der Waals surface area contributed by atoms with Gasteiger partial charge in [-0.25, -0.2) is 4.39 Å². The van der Waals surface area contributed by atoms with Crippen LogP contribution in [0.5, 0.6) is 0 Å². The number of rotatable bonds is 8. The Hall–Kier alpha value is -4.89. The maximum absolute atomic E-state index is 14.0. The quantitative estimate of drug-likeness (QED) is 0.281. The van der Waals surface area contributed by atoms with Gasteiger partial charge in [-0.1, -0.05) is 24.3 Å². The van der Waals surface area contributed by atoms with Gasteiger partial charge >= 0.3 is 5.97 Å². The molecule has 0 saturated carbocycles. The number of carbonyl (C=O) groups is 3. The number of hydrogen-bond donors (Lipinski definition) is 3. The molecule has 0 saturated heterocycles. The topological polar surface area (TPSA) is 123 Å². The largest absolute Gasteiger partial charge is 0.469 e. The molecule has 1 aromatic heterocycles.